The van der Waals surface area contributed by atoms with Crippen molar-refractivity contribution >= 4 is 23.7 Å². The third kappa shape index (κ3) is 5.59. The van der Waals surface area contributed by atoms with Gasteiger partial charge in [-0.25, -0.2) is 18.8 Å². The maximum atomic E-state index is 13.7. The van der Waals surface area contributed by atoms with Gasteiger partial charge in [-0.15, -0.1) is 11.8 Å². The van der Waals surface area contributed by atoms with E-state index in [1.165, 1.54) is 22.8 Å². The SMILES string of the molecule is OC(CNC1CCN(N2C=NC=C3C(c4ccccc4)=CSC32)CC1)COc1ccc(F)cc1F. The molecule has 0 saturated carbocycles. The average molecular weight is 499 g/mol. The number of benzene rings is 2. The van der Waals surface area contributed by atoms with Crippen molar-refractivity contribution in [2.45, 2.75) is 30.4 Å². The van der Waals surface area contributed by atoms with E-state index in [2.05, 4.69) is 50.0 Å². The van der Waals surface area contributed by atoms with Gasteiger partial charge in [0.1, 0.15) is 30.2 Å². The minimum absolute atomic E-state index is 0.0648. The molecule has 3 aliphatic heterocycles. The van der Waals surface area contributed by atoms with Crippen molar-refractivity contribution in [3.05, 3.63) is 82.9 Å². The lowest BCUT2D eigenvalue weighted by atomic mass is 9.99. The lowest BCUT2D eigenvalue weighted by Gasteiger charge is -2.43. The number of piperidine rings is 1. The Morgan fingerprint density at radius 3 is 2.71 bits per heavy atom. The molecular formula is C26H28F2N4O2S. The number of hydrogen-bond acceptors (Lipinski definition) is 7. The monoisotopic (exact) mass is 498 g/mol. The molecule has 0 bridgehead atoms. The highest BCUT2D eigenvalue weighted by Crippen LogP contribution is 2.44. The van der Waals surface area contributed by atoms with Crippen molar-refractivity contribution in [3.8, 4) is 5.75 Å². The molecular weight excluding hydrogens is 470 g/mol. The van der Waals surface area contributed by atoms with Crippen LogP contribution in [0.5, 0.6) is 5.75 Å². The summed E-state index contributed by atoms with van der Waals surface area (Å²) < 4.78 is 32.0. The molecule has 9 heteroatoms. The molecule has 3 aliphatic rings. The summed E-state index contributed by atoms with van der Waals surface area (Å²) in [4.78, 5) is 4.52. The van der Waals surface area contributed by atoms with E-state index in [9.17, 15) is 13.9 Å². The highest BCUT2D eigenvalue weighted by atomic mass is 32.2. The molecule has 0 radical (unpaired) electrons. The van der Waals surface area contributed by atoms with Gasteiger partial charge in [-0.1, -0.05) is 30.3 Å². The van der Waals surface area contributed by atoms with Gasteiger partial charge < -0.3 is 15.2 Å². The highest BCUT2D eigenvalue weighted by Gasteiger charge is 2.35. The van der Waals surface area contributed by atoms with Crippen molar-refractivity contribution in [2.75, 3.05) is 26.2 Å². The van der Waals surface area contributed by atoms with Crippen LogP contribution in [0.3, 0.4) is 0 Å². The van der Waals surface area contributed by atoms with Gasteiger partial charge in [0.25, 0.3) is 0 Å². The van der Waals surface area contributed by atoms with Crippen LogP contribution in [0.25, 0.3) is 5.57 Å². The largest absolute Gasteiger partial charge is 0.488 e. The Labute approximate surface area is 207 Å². The Bertz CT molecular complexity index is 1120. The Morgan fingerprint density at radius 2 is 1.94 bits per heavy atom. The van der Waals surface area contributed by atoms with Gasteiger partial charge >= 0.3 is 0 Å². The van der Waals surface area contributed by atoms with Crippen molar-refractivity contribution < 1.29 is 18.6 Å². The van der Waals surface area contributed by atoms with Crippen molar-refractivity contribution in [2.24, 2.45) is 4.99 Å². The zero-order valence-electron chi connectivity index (χ0n) is 19.2. The lowest BCUT2D eigenvalue weighted by molar-refractivity contribution is 0.0177. The van der Waals surface area contributed by atoms with Gasteiger partial charge in [0.05, 0.1) is 0 Å². The number of aliphatic hydroxyl groups excluding tert-OH is 1. The van der Waals surface area contributed by atoms with Crippen LogP contribution in [0.2, 0.25) is 0 Å². The van der Waals surface area contributed by atoms with Crippen LogP contribution in [0.1, 0.15) is 18.4 Å². The topological polar surface area (TPSA) is 60.3 Å². The third-order valence-electron chi connectivity index (χ3n) is 6.38. The van der Waals surface area contributed by atoms with Gasteiger partial charge in [0.15, 0.2) is 11.6 Å². The van der Waals surface area contributed by atoms with Crippen LogP contribution in [-0.2, 0) is 0 Å². The van der Waals surface area contributed by atoms with Gasteiger partial charge in [-0.05, 0) is 41.5 Å². The number of nitrogens with one attached hydrogen (secondary N) is 1. The normalized spacial score (nSPS) is 21.5. The first-order valence-corrected chi connectivity index (χ1v) is 12.7. The van der Waals surface area contributed by atoms with E-state index in [4.69, 9.17) is 4.74 Å². The molecule has 184 valence electrons. The minimum atomic E-state index is -0.795. The van der Waals surface area contributed by atoms with Crippen LogP contribution in [-0.4, -0.2) is 65.2 Å². The van der Waals surface area contributed by atoms with Gasteiger partial charge in [-0.3, -0.25) is 5.01 Å². The Morgan fingerprint density at radius 1 is 1.14 bits per heavy atom. The van der Waals surface area contributed by atoms with E-state index in [0.29, 0.717) is 6.54 Å². The molecule has 1 saturated heterocycles. The third-order valence-corrected chi connectivity index (χ3v) is 7.48. The van der Waals surface area contributed by atoms with E-state index in [-0.39, 0.29) is 23.8 Å². The number of nitrogens with zero attached hydrogens (tertiary/aromatic N) is 3. The molecule has 1 fully saturated rings. The molecule has 35 heavy (non-hydrogen) atoms. The Hall–Kier alpha value is -2.72. The first-order chi connectivity index (χ1) is 17.1. The first kappa shape index (κ1) is 24.0. The fourth-order valence-corrected chi connectivity index (χ4v) is 5.69. The second-order valence-corrected chi connectivity index (χ2v) is 9.75. The predicted molar refractivity (Wildman–Crippen MR) is 135 cm³/mol. The molecule has 0 aliphatic carbocycles. The van der Waals surface area contributed by atoms with E-state index >= 15 is 0 Å². The number of fused-ring (bicyclic) bond motifs is 1. The molecule has 6 nitrogen and oxygen atoms in total. The summed E-state index contributed by atoms with van der Waals surface area (Å²) >= 11 is 1.80. The van der Waals surface area contributed by atoms with E-state index in [1.807, 2.05) is 18.6 Å². The number of hydrogen-bond donors (Lipinski definition) is 2. The molecule has 2 aromatic rings. The maximum Gasteiger partial charge on any atom is 0.167 e. The molecule has 5 rings (SSSR count). The van der Waals surface area contributed by atoms with Gasteiger partial charge in [0.2, 0.25) is 0 Å². The minimum Gasteiger partial charge on any atom is -0.488 e. The van der Waals surface area contributed by atoms with Gasteiger partial charge in [0, 0.05) is 43.5 Å². The summed E-state index contributed by atoms with van der Waals surface area (Å²) in [7, 11) is 0. The molecule has 2 atom stereocenters. The zero-order chi connectivity index (χ0) is 24.2. The Balaban J connectivity index is 1.07. The number of halogens is 2. The van der Waals surface area contributed by atoms with Crippen LogP contribution >= 0.6 is 11.8 Å². The molecule has 2 aromatic carbocycles. The summed E-state index contributed by atoms with van der Waals surface area (Å²) in [5.74, 6) is -1.50. The van der Waals surface area contributed by atoms with E-state index < -0.39 is 17.7 Å². The number of hydrazine groups is 1. The van der Waals surface area contributed by atoms with Crippen LogP contribution in [0.15, 0.2) is 70.7 Å². The predicted octanol–water partition coefficient (Wildman–Crippen LogP) is 4.02. The standard InChI is InChI=1S/C26H28F2N4O2S/c27-19-6-7-25(24(28)12-19)34-15-21(33)13-30-20-8-10-31(11-9-20)32-17-29-14-22-23(16-35-26(22)32)18-4-2-1-3-5-18/h1-7,12,14,16-17,20-21,26,30,33H,8-11,13,15H2. The fourth-order valence-electron chi connectivity index (χ4n) is 4.50. The van der Waals surface area contributed by atoms with Crippen LogP contribution in [0, 0.1) is 11.6 Å². The number of ether oxygens (including phenoxy) is 1. The summed E-state index contributed by atoms with van der Waals surface area (Å²) in [6.07, 6.45) is 4.94. The summed E-state index contributed by atoms with van der Waals surface area (Å²) in [6.45, 7) is 2.03. The number of rotatable bonds is 8. The van der Waals surface area contributed by atoms with Crippen LogP contribution in [0.4, 0.5) is 8.78 Å². The summed E-state index contributed by atoms with van der Waals surface area (Å²) in [5.41, 5.74) is 3.67. The van der Waals surface area contributed by atoms with E-state index in [0.717, 1.165) is 38.1 Å². The molecule has 3 heterocycles. The fraction of sp³-hybridized carbons (Fsp3) is 0.346. The molecule has 2 unspecified atom stereocenters. The number of thioether (sulfide) groups is 1. The van der Waals surface area contributed by atoms with Crippen LogP contribution < -0.4 is 10.1 Å². The van der Waals surface area contributed by atoms with E-state index in [1.54, 1.807) is 11.8 Å². The Kier molecular flexibility index (Phi) is 7.48. The molecule has 0 aromatic heterocycles. The average Bonchev–Trinajstić information content (AvgIpc) is 3.32. The lowest BCUT2D eigenvalue weighted by Crippen LogP contribution is -2.54. The number of aliphatic hydroxyl groups is 1. The first-order valence-electron chi connectivity index (χ1n) is 11.8. The van der Waals surface area contributed by atoms with Crippen molar-refractivity contribution in [1.29, 1.82) is 0 Å². The maximum absolute atomic E-state index is 13.7. The summed E-state index contributed by atoms with van der Waals surface area (Å²) in [5, 5.41) is 20.6. The highest BCUT2D eigenvalue weighted by molar-refractivity contribution is 8.03. The quantitative estimate of drug-likeness (QED) is 0.574. The summed E-state index contributed by atoms with van der Waals surface area (Å²) in [6, 6.07) is 13.8. The molecule has 0 amide bonds. The smallest absolute Gasteiger partial charge is 0.167 e. The molecule has 0 spiro atoms. The van der Waals surface area contributed by atoms with Crippen molar-refractivity contribution in [3.63, 3.8) is 0 Å². The second-order valence-electron chi connectivity index (χ2n) is 8.79. The number of aliphatic imine (C=N–C) groups is 1. The van der Waals surface area contributed by atoms with Gasteiger partial charge in [-0.2, -0.15) is 0 Å². The zero-order valence-corrected chi connectivity index (χ0v) is 20.0. The second kappa shape index (κ2) is 10.9. The van der Waals surface area contributed by atoms with Crippen molar-refractivity contribution in [1.82, 2.24) is 15.3 Å². The molecule has 2 N–H and O–H groups in total.